The van der Waals surface area contributed by atoms with Crippen molar-refractivity contribution in [1.82, 2.24) is 19.9 Å². The molecule has 0 radical (unpaired) electrons. The number of aromatic nitrogens is 4. The van der Waals surface area contributed by atoms with E-state index in [-0.39, 0.29) is 5.95 Å². The Hall–Kier alpha value is -3.66. The van der Waals surface area contributed by atoms with Gasteiger partial charge < -0.3 is 30.2 Å². The van der Waals surface area contributed by atoms with E-state index in [0.29, 0.717) is 49.6 Å². The summed E-state index contributed by atoms with van der Waals surface area (Å²) < 4.78 is 16.7. The zero-order valence-corrected chi connectivity index (χ0v) is 16.2. The zero-order valence-electron chi connectivity index (χ0n) is 16.2. The second kappa shape index (κ2) is 7.99. The lowest BCUT2D eigenvalue weighted by Crippen LogP contribution is -2.37. The second-order valence-corrected chi connectivity index (χ2v) is 6.85. The minimum Gasteiger partial charge on any atom is -0.486 e. The molecule has 2 aliphatic rings. The first-order chi connectivity index (χ1) is 14.7. The van der Waals surface area contributed by atoms with Crippen LogP contribution in [0.2, 0.25) is 0 Å². The molecule has 30 heavy (non-hydrogen) atoms. The highest BCUT2D eigenvalue weighted by Gasteiger charge is 2.18. The van der Waals surface area contributed by atoms with Crippen molar-refractivity contribution in [1.29, 1.82) is 0 Å². The van der Waals surface area contributed by atoms with Gasteiger partial charge in [0, 0.05) is 48.9 Å². The van der Waals surface area contributed by atoms with Crippen molar-refractivity contribution in [3.8, 4) is 22.8 Å². The third-order valence-corrected chi connectivity index (χ3v) is 4.79. The molecule has 3 aromatic rings. The number of hydrogen-bond donors (Lipinski definition) is 2. The van der Waals surface area contributed by atoms with Gasteiger partial charge in [-0.15, -0.1) is 0 Å². The van der Waals surface area contributed by atoms with Crippen LogP contribution in [0.4, 0.5) is 23.4 Å². The molecule has 3 N–H and O–H groups in total. The maximum atomic E-state index is 5.68. The number of hydrogen-bond acceptors (Lipinski definition) is 10. The van der Waals surface area contributed by atoms with Gasteiger partial charge in [0.05, 0.1) is 18.9 Å². The monoisotopic (exact) mass is 407 g/mol. The Bertz CT molecular complexity index is 1040. The van der Waals surface area contributed by atoms with Crippen LogP contribution in [0, 0.1) is 0 Å². The molecule has 0 spiro atoms. The van der Waals surface area contributed by atoms with Crippen molar-refractivity contribution < 1.29 is 14.2 Å². The molecule has 2 aliphatic heterocycles. The van der Waals surface area contributed by atoms with Crippen molar-refractivity contribution in [2.75, 3.05) is 55.5 Å². The van der Waals surface area contributed by atoms with E-state index in [1.807, 2.05) is 24.3 Å². The number of benzene rings is 1. The highest BCUT2D eigenvalue weighted by atomic mass is 16.6. The number of nitrogens with two attached hydrogens (primary N) is 1. The van der Waals surface area contributed by atoms with Crippen LogP contribution in [0.15, 0.2) is 36.7 Å². The lowest BCUT2D eigenvalue weighted by Gasteiger charge is -2.27. The lowest BCUT2D eigenvalue weighted by molar-refractivity contribution is 0.122. The maximum absolute atomic E-state index is 5.68. The number of nitrogens with one attached hydrogen (secondary N) is 1. The minimum absolute atomic E-state index is 0.218. The number of nitrogens with zero attached hydrogens (tertiary/aromatic N) is 5. The summed E-state index contributed by atoms with van der Waals surface area (Å²) >= 11 is 0. The van der Waals surface area contributed by atoms with Crippen LogP contribution in [0.25, 0.3) is 11.3 Å². The van der Waals surface area contributed by atoms with E-state index in [9.17, 15) is 0 Å². The number of rotatable bonds is 4. The highest BCUT2D eigenvalue weighted by Crippen LogP contribution is 2.34. The fourth-order valence-corrected chi connectivity index (χ4v) is 3.29. The van der Waals surface area contributed by atoms with Gasteiger partial charge in [0.25, 0.3) is 0 Å². The zero-order chi connectivity index (χ0) is 20.3. The highest BCUT2D eigenvalue weighted by molar-refractivity contribution is 5.68. The summed E-state index contributed by atoms with van der Waals surface area (Å²) in [6.07, 6.45) is 3.31. The number of anilines is 4. The van der Waals surface area contributed by atoms with Crippen molar-refractivity contribution >= 4 is 23.4 Å². The number of ether oxygens (including phenoxy) is 3. The summed E-state index contributed by atoms with van der Waals surface area (Å²) in [5, 5.41) is 3.34. The molecule has 1 aromatic carbocycles. The van der Waals surface area contributed by atoms with Crippen molar-refractivity contribution in [2.24, 2.45) is 0 Å². The SMILES string of the molecule is Nc1ncc(-c2cc(Nc3ccc4c(c3)OCCO4)nc(N3CCOCC3)n2)cn1. The van der Waals surface area contributed by atoms with Crippen LogP contribution in [0.5, 0.6) is 11.5 Å². The topological polar surface area (TPSA) is 121 Å². The second-order valence-electron chi connectivity index (χ2n) is 6.85. The molecule has 0 atom stereocenters. The van der Waals surface area contributed by atoms with Crippen LogP contribution in [-0.2, 0) is 4.74 Å². The van der Waals surface area contributed by atoms with Gasteiger partial charge in [-0.3, -0.25) is 0 Å². The summed E-state index contributed by atoms with van der Waals surface area (Å²) in [4.78, 5) is 19.7. The largest absolute Gasteiger partial charge is 0.486 e. The van der Waals surface area contributed by atoms with Crippen molar-refractivity contribution in [3.05, 3.63) is 36.7 Å². The van der Waals surface area contributed by atoms with E-state index < -0.39 is 0 Å². The summed E-state index contributed by atoms with van der Waals surface area (Å²) in [6, 6.07) is 7.57. The number of morpholine rings is 1. The molecule has 0 aliphatic carbocycles. The van der Waals surface area contributed by atoms with Crippen molar-refractivity contribution in [3.63, 3.8) is 0 Å². The average Bonchev–Trinajstić information content (AvgIpc) is 2.80. The first-order valence-electron chi connectivity index (χ1n) is 9.71. The fourth-order valence-electron chi connectivity index (χ4n) is 3.29. The first-order valence-corrected chi connectivity index (χ1v) is 9.71. The number of nitrogen functional groups attached to an aromatic ring is 1. The standard InChI is InChI=1S/C20H21N7O3/c21-19-22-11-13(12-23-19)15-10-18(26-20(25-15)27-3-5-28-6-4-27)24-14-1-2-16-17(9-14)30-8-7-29-16/h1-2,9-12H,3-8H2,(H2,21,22,23)(H,24,25,26). The molecule has 0 saturated carbocycles. The molecule has 0 amide bonds. The van der Waals surface area contributed by atoms with Gasteiger partial charge in [0.15, 0.2) is 11.5 Å². The normalized spacial score (nSPS) is 15.7. The van der Waals surface area contributed by atoms with Crippen LogP contribution >= 0.6 is 0 Å². The van der Waals surface area contributed by atoms with Crippen LogP contribution in [0.1, 0.15) is 0 Å². The Kier molecular flexibility index (Phi) is 4.89. The van der Waals surface area contributed by atoms with Gasteiger partial charge >= 0.3 is 0 Å². The van der Waals surface area contributed by atoms with Gasteiger partial charge in [0.1, 0.15) is 19.0 Å². The van der Waals surface area contributed by atoms with E-state index in [1.54, 1.807) is 12.4 Å². The lowest BCUT2D eigenvalue weighted by atomic mass is 10.2. The van der Waals surface area contributed by atoms with E-state index in [1.165, 1.54) is 0 Å². The van der Waals surface area contributed by atoms with E-state index in [4.69, 9.17) is 29.9 Å². The molecule has 10 nitrogen and oxygen atoms in total. The summed E-state index contributed by atoms with van der Waals surface area (Å²) in [6.45, 7) is 3.83. The Morgan fingerprint density at radius 3 is 2.47 bits per heavy atom. The molecule has 4 heterocycles. The summed E-state index contributed by atoms with van der Waals surface area (Å²) in [5.41, 5.74) is 7.92. The van der Waals surface area contributed by atoms with Crippen molar-refractivity contribution in [2.45, 2.75) is 0 Å². The molecule has 5 rings (SSSR count). The molecule has 2 aromatic heterocycles. The maximum Gasteiger partial charge on any atom is 0.228 e. The molecule has 1 saturated heterocycles. The first kappa shape index (κ1) is 18.4. The summed E-state index contributed by atoms with van der Waals surface area (Å²) in [5.74, 6) is 2.93. The number of fused-ring (bicyclic) bond motifs is 1. The quantitative estimate of drug-likeness (QED) is 0.663. The van der Waals surface area contributed by atoms with Gasteiger partial charge in [0.2, 0.25) is 11.9 Å². The van der Waals surface area contributed by atoms with Gasteiger partial charge in [-0.05, 0) is 12.1 Å². The van der Waals surface area contributed by atoms with Gasteiger partial charge in [-0.1, -0.05) is 0 Å². The Morgan fingerprint density at radius 2 is 1.67 bits per heavy atom. The molecular formula is C20H21N7O3. The Labute approximate surface area is 173 Å². The van der Waals surface area contributed by atoms with Gasteiger partial charge in [-0.25, -0.2) is 15.0 Å². The average molecular weight is 407 g/mol. The van der Waals surface area contributed by atoms with Gasteiger partial charge in [-0.2, -0.15) is 4.98 Å². The van der Waals surface area contributed by atoms with Crippen LogP contribution in [0.3, 0.4) is 0 Å². The third-order valence-electron chi connectivity index (χ3n) is 4.79. The fraction of sp³-hybridized carbons (Fsp3) is 0.300. The molecule has 10 heteroatoms. The minimum atomic E-state index is 0.218. The Morgan fingerprint density at radius 1 is 0.900 bits per heavy atom. The van der Waals surface area contributed by atoms with Crippen LogP contribution in [-0.4, -0.2) is 59.5 Å². The van der Waals surface area contributed by atoms with E-state index in [2.05, 4.69) is 20.2 Å². The molecule has 1 fully saturated rings. The van der Waals surface area contributed by atoms with Crippen LogP contribution < -0.4 is 25.4 Å². The third kappa shape index (κ3) is 3.90. The predicted molar refractivity (Wildman–Crippen MR) is 111 cm³/mol. The molecular weight excluding hydrogens is 386 g/mol. The molecule has 154 valence electrons. The van der Waals surface area contributed by atoms with E-state index >= 15 is 0 Å². The Balaban J connectivity index is 1.49. The van der Waals surface area contributed by atoms with E-state index in [0.717, 1.165) is 30.1 Å². The molecule has 0 bridgehead atoms. The molecule has 0 unspecified atom stereocenters. The smallest absolute Gasteiger partial charge is 0.228 e. The predicted octanol–water partition coefficient (Wildman–Crippen LogP) is 1.87. The summed E-state index contributed by atoms with van der Waals surface area (Å²) in [7, 11) is 0.